The molecule has 0 saturated carbocycles. The maximum absolute atomic E-state index is 13.8. The Hall–Kier alpha value is -1.56. The summed E-state index contributed by atoms with van der Waals surface area (Å²) < 4.78 is 46.2. The summed E-state index contributed by atoms with van der Waals surface area (Å²) in [4.78, 5) is 14.0. The van der Waals surface area contributed by atoms with E-state index in [1.54, 1.807) is 6.07 Å². The second-order valence-electron chi connectivity index (χ2n) is 5.75. The Morgan fingerprint density at radius 3 is 2.41 bits per heavy atom. The Morgan fingerprint density at radius 1 is 1.27 bits per heavy atom. The standard InChI is InChI=1S/C16H20F3NO2/c1-12-7-6-10-20(11-12)14(21)15(22-2,16(17,18)19)13-8-4-3-5-9-13/h3-5,8-9,12H,6-7,10-11H2,1-2H3/t12-,15-/m1/s1. The second kappa shape index (κ2) is 6.28. The molecule has 0 N–H and O–H groups in total. The summed E-state index contributed by atoms with van der Waals surface area (Å²) in [7, 11) is 0.936. The predicted molar refractivity (Wildman–Crippen MR) is 76.2 cm³/mol. The van der Waals surface area contributed by atoms with Crippen LogP contribution in [0.1, 0.15) is 25.3 Å². The zero-order chi connectivity index (χ0) is 16.4. The minimum absolute atomic E-state index is 0.187. The lowest BCUT2D eigenvalue weighted by Gasteiger charge is -2.40. The Balaban J connectivity index is 2.47. The minimum atomic E-state index is -4.83. The third-order valence-corrected chi connectivity index (χ3v) is 4.13. The molecule has 2 rings (SSSR count). The van der Waals surface area contributed by atoms with E-state index < -0.39 is 17.7 Å². The van der Waals surface area contributed by atoms with Gasteiger partial charge in [0.15, 0.2) is 0 Å². The van der Waals surface area contributed by atoms with Crippen LogP contribution in [0.2, 0.25) is 0 Å². The number of halogens is 3. The van der Waals surface area contributed by atoms with Gasteiger partial charge in [0.25, 0.3) is 11.5 Å². The molecule has 1 saturated heterocycles. The first kappa shape index (κ1) is 16.8. The Bertz CT molecular complexity index is 518. The number of alkyl halides is 3. The number of benzene rings is 1. The van der Waals surface area contributed by atoms with Crippen molar-refractivity contribution >= 4 is 5.91 Å². The van der Waals surface area contributed by atoms with Gasteiger partial charge in [0.05, 0.1) is 0 Å². The lowest BCUT2D eigenvalue weighted by atomic mass is 9.89. The quantitative estimate of drug-likeness (QED) is 0.856. The van der Waals surface area contributed by atoms with Crippen LogP contribution in [-0.4, -0.2) is 37.2 Å². The maximum Gasteiger partial charge on any atom is 0.430 e. The average Bonchev–Trinajstić information content (AvgIpc) is 2.48. The molecule has 1 heterocycles. The van der Waals surface area contributed by atoms with Crippen molar-refractivity contribution in [3.8, 4) is 0 Å². The number of amides is 1. The first-order valence-corrected chi connectivity index (χ1v) is 7.29. The van der Waals surface area contributed by atoms with Crippen molar-refractivity contribution in [2.24, 2.45) is 5.92 Å². The maximum atomic E-state index is 13.8. The van der Waals surface area contributed by atoms with E-state index in [9.17, 15) is 18.0 Å². The summed E-state index contributed by atoms with van der Waals surface area (Å²) in [5.41, 5.74) is -3.13. The molecule has 2 atom stereocenters. The van der Waals surface area contributed by atoms with Gasteiger partial charge in [-0.2, -0.15) is 13.2 Å². The molecule has 3 nitrogen and oxygen atoms in total. The van der Waals surface area contributed by atoms with Crippen LogP contribution in [-0.2, 0) is 15.1 Å². The average molecular weight is 315 g/mol. The number of nitrogens with zero attached hydrogens (tertiary/aromatic N) is 1. The zero-order valence-electron chi connectivity index (χ0n) is 12.7. The van der Waals surface area contributed by atoms with Gasteiger partial charge in [-0.05, 0) is 18.8 Å². The van der Waals surface area contributed by atoms with E-state index in [1.165, 1.54) is 29.2 Å². The summed E-state index contributed by atoms with van der Waals surface area (Å²) in [6.45, 7) is 2.59. The molecule has 0 radical (unpaired) electrons. The Kier molecular flexibility index (Phi) is 4.80. The Labute approximate surface area is 128 Å². The number of piperidine rings is 1. The van der Waals surface area contributed by atoms with Crippen LogP contribution in [0.4, 0.5) is 13.2 Å². The molecule has 1 aliphatic rings. The summed E-state index contributed by atoms with van der Waals surface area (Å²) in [6.07, 6.45) is -3.21. The van der Waals surface area contributed by atoms with Crippen molar-refractivity contribution in [2.75, 3.05) is 20.2 Å². The van der Waals surface area contributed by atoms with Crippen molar-refractivity contribution in [1.29, 1.82) is 0 Å². The molecule has 0 aliphatic carbocycles. The van der Waals surface area contributed by atoms with Crippen LogP contribution < -0.4 is 0 Å². The highest BCUT2D eigenvalue weighted by molar-refractivity contribution is 5.88. The number of ether oxygens (including phenoxy) is 1. The lowest BCUT2D eigenvalue weighted by Crippen LogP contribution is -2.58. The van der Waals surface area contributed by atoms with Crippen LogP contribution in [0, 0.1) is 5.92 Å². The number of hydrogen-bond donors (Lipinski definition) is 0. The molecular weight excluding hydrogens is 295 g/mol. The van der Waals surface area contributed by atoms with Crippen molar-refractivity contribution in [3.05, 3.63) is 35.9 Å². The van der Waals surface area contributed by atoms with E-state index in [0.29, 0.717) is 19.5 Å². The number of carbonyl (C=O) groups is 1. The van der Waals surface area contributed by atoms with Crippen molar-refractivity contribution in [1.82, 2.24) is 4.90 Å². The molecule has 122 valence electrons. The summed E-state index contributed by atoms with van der Waals surface area (Å²) in [5.74, 6) is -0.837. The van der Waals surface area contributed by atoms with E-state index in [2.05, 4.69) is 0 Å². The molecule has 22 heavy (non-hydrogen) atoms. The molecular formula is C16H20F3NO2. The smallest absolute Gasteiger partial charge is 0.356 e. The topological polar surface area (TPSA) is 29.5 Å². The van der Waals surface area contributed by atoms with Gasteiger partial charge in [-0.1, -0.05) is 37.3 Å². The van der Waals surface area contributed by atoms with Gasteiger partial charge < -0.3 is 9.64 Å². The van der Waals surface area contributed by atoms with Crippen molar-refractivity contribution in [2.45, 2.75) is 31.5 Å². The number of carbonyl (C=O) groups excluding carboxylic acids is 1. The fourth-order valence-electron chi connectivity index (χ4n) is 3.00. The third-order valence-electron chi connectivity index (χ3n) is 4.13. The molecule has 6 heteroatoms. The molecule has 1 amide bonds. The Morgan fingerprint density at radius 2 is 1.91 bits per heavy atom. The van der Waals surface area contributed by atoms with Gasteiger partial charge in [-0.3, -0.25) is 4.79 Å². The van der Waals surface area contributed by atoms with Crippen LogP contribution in [0.25, 0.3) is 0 Å². The molecule has 0 bridgehead atoms. The van der Waals surface area contributed by atoms with Crippen LogP contribution in [0.5, 0.6) is 0 Å². The SMILES string of the molecule is CO[C@@](C(=O)N1CCC[C@@H](C)C1)(c1ccccc1)C(F)(F)F. The van der Waals surface area contributed by atoms with Crippen LogP contribution >= 0.6 is 0 Å². The summed E-state index contributed by atoms with van der Waals surface area (Å²) in [5, 5.41) is 0. The molecule has 0 unspecified atom stereocenters. The highest BCUT2D eigenvalue weighted by atomic mass is 19.4. The van der Waals surface area contributed by atoms with Gasteiger partial charge in [0.1, 0.15) is 0 Å². The van der Waals surface area contributed by atoms with Gasteiger partial charge in [0, 0.05) is 25.8 Å². The molecule has 0 aromatic heterocycles. The van der Waals surface area contributed by atoms with E-state index >= 15 is 0 Å². The van der Waals surface area contributed by atoms with Gasteiger partial charge >= 0.3 is 6.18 Å². The highest BCUT2D eigenvalue weighted by Crippen LogP contribution is 2.43. The largest absolute Gasteiger partial charge is 0.430 e. The monoisotopic (exact) mass is 315 g/mol. The van der Waals surface area contributed by atoms with Gasteiger partial charge in [-0.15, -0.1) is 0 Å². The van der Waals surface area contributed by atoms with E-state index in [4.69, 9.17) is 4.74 Å². The van der Waals surface area contributed by atoms with Crippen LogP contribution in [0.15, 0.2) is 30.3 Å². The number of methoxy groups -OCH3 is 1. The molecule has 1 aromatic carbocycles. The molecule has 1 aromatic rings. The first-order chi connectivity index (χ1) is 10.3. The van der Waals surface area contributed by atoms with Gasteiger partial charge in [-0.25, -0.2) is 0 Å². The number of likely N-dealkylation sites (tertiary alicyclic amines) is 1. The predicted octanol–water partition coefficient (Wildman–Crippen LogP) is 3.35. The van der Waals surface area contributed by atoms with E-state index in [0.717, 1.165) is 13.5 Å². The summed E-state index contributed by atoms with van der Waals surface area (Å²) in [6, 6.07) is 7.11. The molecule has 1 aliphatic heterocycles. The fraction of sp³-hybridized carbons (Fsp3) is 0.562. The minimum Gasteiger partial charge on any atom is -0.356 e. The zero-order valence-corrected chi connectivity index (χ0v) is 12.7. The third kappa shape index (κ3) is 2.84. The van der Waals surface area contributed by atoms with E-state index in [1.807, 2.05) is 6.92 Å². The number of rotatable bonds is 3. The second-order valence-corrected chi connectivity index (χ2v) is 5.75. The highest BCUT2D eigenvalue weighted by Gasteiger charge is 2.63. The molecule has 1 fully saturated rings. The molecule has 0 spiro atoms. The fourth-order valence-corrected chi connectivity index (χ4v) is 3.00. The van der Waals surface area contributed by atoms with Crippen molar-refractivity contribution < 1.29 is 22.7 Å². The number of hydrogen-bond acceptors (Lipinski definition) is 2. The normalized spacial score (nSPS) is 22.2. The van der Waals surface area contributed by atoms with Crippen LogP contribution in [0.3, 0.4) is 0 Å². The van der Waals surface area contributed by atoms with Gasteiger partial charge in [0.2, 0.25) is 0 Å². The first-order valence-electron chi connectivity index (χ1n) is 7.29. The summed E-state index contributed by atoms with van der Waals surface area (Å²) >= 11 is 0. The van der Waals surface area contributed by atoms with E-state index in [-0.39, 0.29) is 11.5 Å². The lowest BCUT2D eigenvalue weighted by molar-refractivity contribution is -0.271. The van der Waals surface area contributed by atoms with Crippen molar-refractivity contribution in [3.63, 3.8) is 0 Å².